The molecule has 0 bridgehead atoms. The van der Waals surface area contributed by atoms with Crippen molar-refractivity contribution in [1.82, 2.24) is 5.32 Å². The summed E-state index contributed by atoms with van der Waals surface area (Å²) >= 11 is 0. The summed E-state index contributed by atoms with van der Waals surface area (Å²) in [5.74, 6) is -0.467. The summed E-state index contributed by atoms with van der Waals surface area (Å²) in [7, 11) is 0. The Labute approximate surface area is 162 Å². The maximum Gasteiger partial charge on any atom is 0.308 e. The number of amides is 1. The third-order valence-corrected chi connectivity index (χ3v) is 3.92. The lowest BCUT2D eigenvalue weighted by atomic mass is 10.0. The second-order valence-electron chi connectivity index (χ2n) is 5.81. The van der Waals surface area contributed by atoms with Gasteiger partial charge in [0.1, 0.15) is 11.3 Å². The Hall–Kier alpha value is -3.42. The average Bonchev–Trinajstić information content (AvgIpc) is 2.68. The quantitative estimate of drug-likeness (QED) is 0.402. The molecule has 8 heteroatoms. The number of hydrogen-bond donors (Lipinski definition) is 1. The SMILES string of the molecule is CCOC(=O)C[C@@H](NC(=O)c1ccccc1[N+](=O)[O-])c1ccc(OCC)cc1. The van der Waals surface area contributed by atoms with Crippen molar-refractivity contribution < 1.29 is 24.0 Å². The molecule has 0 spiro atoms. The van der Waals surface area contributed by atoms with Gasteiger partial charge in [0, 0.05) is 6.07 Å². The zero-order chi connectivity index (χ0) is 20.5. The predicted molar refractivity (Wildman–Crippen MR) is 102 cm³/mol. The molecule has 148 valence electrons. The third kappa shape index (κ3) is 5.54. The summed E-state index contributed by atoms with van der Waals surface area (Å²) in [6.45, 7) is 4.28. The number of nitrogens with one attached hydrogen (secondary N) is 1. The van der Waals surface area contributed by atoms with E-state index in [-0.39, 0.29) is 24.3 Å². The van der Waals surface area contributed by atoms with E-state index < -0.39 is 22.8 Å². The van der Waals surface area contributed by atoms with Crippen LogP contribution in [0.15, 0.2) is 48.5 Å². The molecule has 0 aliphatic heterocycles. The summed E-state index contributed by atoms with van der Waals surface area (Å²) in [5, 5.41) is 13.9. The van der Waals surface area contributed by atoms with E-state index in [4.69, 9.17) is 9.47 Å². The molecule has 8 nitrogen and oxygen atoms in total. The molecule has 28 heavy (non-hydrogen) atoms. The van der Waals surface area contributed by atoms with Crippen molar-refractivity contribution in [2.45, 2.75) is 26.3 Å². The maximum absolute atomic E-state index is 12.7. The molecule has 2 rings (SSSR count). The average molecular weight is 386 g/mol. The third-order valence-electron chi connectivity index (χ3n) is 3.92. The summed E-state index contributed by atoms with van der Waals surface area (Å²) in [6.07, 6.45) is -0.103. The fraction of sp³-hybridized carbons (Fsp3) is 0.300. The van der Waals surface area contributed by atoms with Crippen LogP contribution in [0.5, 0.6) is 5.75 Å². The highest BCUT2D eigenvalue weighted by molar-refractivity contribution is 5.98. The lowest BCUT2D eigenvalue weighted by molar-refractivity contribution is -0.385. The molecule has 1 N–H and O–H groups in total. The Balaban J connectivity index is 2.27. The number of carbonyl (C=O) groups is 2. The van der Waals surface area contributed by atoms with Crippen LogP contribution in [-0.2, 0) is 9.53 Å². The van der Waals surface area contributed by atoms with E-state index in [0.717, 1.165) is 0 Å². The van der Waals surface area contributed by atoms with Gasteiger partial charge in [-0.2, -0.15) is 0 Å². The Bertz CT molecular complexity index is 835. The van der Waals surface area contributed by atoms with Gasteiger partial charge in [0.25, 0.3) is 11.6 Å². The number of para-hydroxylation sites is 1. The van der Waals surface area contributed by atoms with Crippen molar-refractivity contribution in [3.05, 3.63) is 69.8 Å². The molecule has 2 aromatic carbocycles. The minimum Gasteiger partial charge on any atom is -0.494 e. The molecular formula is C20H22N2O6. The topological polar surface area (TPSA) is 108 Å². The molecule has 0 aromatic heterocycles. The van der Waals surface area contributed by atoms with E-state index in [1.165, 1.54) is 18.2 Å². The van der Waals surface area contributed by atoms with Crippen LogP contribution < -0.4 is 10.1 Å². The number of carbonyl (C=O) groups excluding carboxylic acids is 2. The fourth-order valence-electron chi connectivity index (χ4n) is 2.66. The molecule has 1 atom stereocenters. The highest BCUT2D eigenvalue weighted by Crippen LogP contribution is 2.23. The van der Waals surface area contributed by atoms with E-state index >= 15 is 0 Å². The predicted octanol–water partition coefficient (Wildman–Crippen LogP) is 3.42. The first-order valence-corrected chi connectivity index (χ1v) is 8.88. The number of nitrogens with zero attached hydrogens (tertiary/aromatic N) is 1. The van der Waals surface area contributed by atoms with Crippen LogP contribution in [0.4, 0.5) is 5.69 Å². The zero-order valence-electron chi connectivity index (χ0n) is 15.7. The van der Waals surface area contributed by atoms with Gasteiger partial charge >= 0.3 is 5.97 Å². The number of benzene rings is 2. The van der Waals surface area contributed by atoms with Gasteiger partial charge in [0.2, 0.25) is 0 Å². The van der Waals surface area contributed by atoms with E-state index in [1.54, 1.807) is 37.3 Å². The lowest BCUT2D eigenvalue weighted by Crippen LogP contribution is -2.31. The smallest absolute Gasteiger partial charge is 0.308 e. The normalized spacial score (nSPS) is 11.4. The minimum absolute atomic E-state index is 0.0766. The van der Waals surface area contributed by atoms with Gasteiger partial charge in [-0.05, 0) is 37.6 Å². The van der Waals surface area contributed by atoms with E-state index in [2.05, 4.69) is 5.32 Å². The number of nitro benzene ring substituents is 1. The monoisotopic (exact) mass is 386 g/mol. The molecule has 0 saturated heterocycles. The summed E-state index contributed by atoms with van der Waals surface area (Å²) in [4.78, 5) is 35.2. The number of esters is 1. The van der Waals surface area contributed by atoms with Gasteiger partial charge < -0.3 is 14.8 Å². The van der Waals surface area contributed by atoms with Gasteiger partial charge in [0.15, 0.2) is 0 Å². The largest absolute Gasteiger partial charge is 0.494 e. The molecule has 0 aliphatic carbocycles. The van der Waals surface area contributed by atoms with Crippen molar-refractivity contribution in [2.24, 2.45) is 0 Å². The van der Waals surface area contributed by atoms with Crippen LogP contribution in [0.3, 0.4) is 0 Å². The minimum atomic E-state index is -0.706. The Morgan fingerprint density at radius 2 is 1.75 bits per heavy atom. The van der Waals surface area contributed by atoms with E-state index in [0.29, 0.717) is 17.9 Å². The highest BCUT2D eigenvalue weighted by Gasteiger charge is 2.24. The number of ether oxygens (including phenoxy) is 2. The summed E-state index contributed by atoms with van der Waals surface area (Å²) in [6, 6.07) is 11.9. The maximum atomic E-state index is 12.7. The number of rotatable bonds is 9. The standard InChI is InChI=1S/C20H22N2O6/c1-3-27-15-11-9-14(10-12-15)17(13-19(23)28-4-2)21-20(24)16-7-5-6-8-18(16)22(25)26/h5-12,17H,3-4,13H2,1-2H3,(H,21,24)/t17-/m1/s1. The molecule has 0 saturated carbocycles. The molecule has 0 unspecified atom stereocenters. The summed E-state index contributed by atoms with van der Waals surface area (Å²) in [5.41, 5.74) is 0.275. The molecule has 1 amide bonds. The van der Waals surface area contributed by atoms with Crippen molar-refractivity contribution in [2.75, 3.05) is 13.2 Å². The Kier molecular flexibility index (Phi) is 7.50. The van der Waals surface area contributed by atoms with Crippen LogP contribution >= 0.6 is 0 Å². The molecule has 0 heterocycles. The first-order valence-electron chi connectivity index (χ1n) is 8.88. The van der Waals surface area contributed by atoms with Crippen molar-refractivity contribution in [3.63, 3.8) is 0 Å². The van der Waals surface area contributed by atoms with E-state index in [1.807, 2.05) is 6.92 Å². The second kappa shape index (κ2) is 10.1. The van der Waals surface area contributed by atoms with Crippen LogP contribution in [0.25, 0.3) is 0 Å². The first-order chi connectivity index (χ1) is 13.5. The van der Waals surface area contributed by atoms with Crippen molar-refractivity contribution in [1.29, 1.82) is 0 Å². The van der Waals surface area contributed by atoms with Crippen molar-refractivity contribution in [3.8, 4) is 5.75 Å². The van der Waals surface area contributed by atoms with Gasteiger partial charge in [-0.25, -0.2) is 0 Å². The molecule has 0 aliphatic rings. The Morgan fingerprint density at radius 3 is 2.36 bits per heavy atom. The molecular weight excluding hydrogens is 364 g/mol. The zero-order valence-corrected chi connectivity index (χ0v) is 15.7. The van der Waals surface area contributed by atoms with Crippen LogP contribution in [0.2, 0.25) is 0 Å². The second-order valence-corrected chi connectivity index (χ2v) is 5.81. The van der Waals surface area contributed by atoms with E-state index in [9.17, 15) is 19.7 Å². The Morgan fingerprint density at radius 1 is 1.07 bits per heavy atom. The van der Waals surface area contributed by atoms with Crippen LogP contribution in [0.1, 0.15) is 42.2 Å². The molecule has 0 fully saturated rings. The van der Waals surface area contributed by atoms with Crippen LogP contribution in [0, 0.1) is 10.1 Å². The van der Waals surface area contributed by atoms with Crippen molar-refractivity contribution >= 4 is 17.6 Å². The lowest BCUT2D eigenvalue weighted by Gasteiger charge is -2.19. The van der Waals surface area contributed by atoms with Gasteiger partial charge in [0.05, 0.1) is 30.6 Å². The van der Waals surface area contributed by atoms with Gasteiger partial charge in [-0.1, -0.05) is 24.3 Å². The van der Waals surface area contributed by atoms with Crippen LogP contribution in [-0.4, -0.2) is 30.0 Å². The fourth-order valence-corrected chi connectivity index (χ4v) is 2.66. The summed E-state index contributed by atoms with van der Waals surface area (Å²) < 4.78 is 10.4. The first kappa shape index (κ1) is 20.9. The van der Waals surface area contributed by atoms with Gasteiger partial charge in [-0.15, -0.1) is 0 Å². The molecule has 2 aromatic rings. The molecule has 0 radical (unpaired) electrons. The number of nitro groups is 1. The number of hydrogen-bond acceptors (Lipinski definition) is 6. The highest BCUT2D eigenvalue weighted by atomic mass is 16.6. The van der Waals surface area contributed by atoms with Gasteiger partial charge in [-0.3, -0.25) is 19.7 Å².